The van der Waals surface area contributed by atoms with Gasteiger partial charge in [-0.2, -0.15) is 30.6 Å². The van der Waals surface area contributed by atoms with E-state index in [2.05, 4.69) is 0 Å². The number of hydrogen-bond donors (Lipinski definition) is 2. The molecule has 0 saturated carbocycles. The second-order valence-corrected chi connectivity index (χ2v) is 6.14. The highest BCUT2D eigenvalue weighted by Crippen LogP contribution is 2.24. The Balaban J connectivity index is 2.66. The lowest BCUT2D eigenvalue weighted by molar-refractivity contribution is -0.121. The van der Waals surface area contributed by atoms with Gasteiger partial charge in [0, 0.05) is 12.6 Å². The van der Waals surface area contributed by atoms with Gasteiger partial charge in [0.05, 0.1) is 6.10 Å². The molecule has 2 unspecified atom stereocenters. The molecule has 2 N–H and O–H groups in total. The van der Waals surface area contributed by atoms with Gasteiger partial charge >= 0.3 is 6.18 Å². The molecule has 0 aromatic rings. The minimum atomic E-state index is -4.58. The predicted molar refractivity (Wildman–Crippen MR) is 59.0 cm³/mol. The third-order valence-electron chi connectivity index (χ3n) is 2.70. The average Bonchev–Trinajstić information content (AvgIpc) is 2.61. The van der Waals surface area contributed by atoms with Crippen LogP contribution in [0.2, 0.25) is 0 Å². The van der Waals surface area contributed by atoms with Crippen molar-refractivity contribution >= 4 is 10.2 Å². The fraction of sp³-hybridized carbons (Fsp3) is 1.00. The summed E-state index contributed by atoms with van der Waals surface area (Å²) in [4.78, 5) is 0. The summed E-state index contributed by atoms with van der Waals surface area (Å²) in [6.45, 7) is 0.129. The fourth-order valence-corrected chi connectivity index (χ4v) is 3.48. The molecule has 0 aromatic heterocycles. The van der Waals surface area contributed by atoms with E-state index in [9.17, 15) is 26.7 Å². The summed E-state index contributed by atoms with van der Waals surface area (Å²) in [6, 6.07) is -0.435. The first-order chi connectivity index (χ1) is 8.12. The zero-order valence-electron chi connectivity index (χ0n) is 9.94. The zero-order chi connectivity index (χ0) is 14.0. The molecule has 9 heteroatoms. The van der Waals surface area contributed by atoms with Gasteiger partial charge in [0.15, 0.2) is 0 Å². The van der Waals surface area contributed by atoms with Gasteiger partial charge in [0.2, 0.25) is 0 Å². The van der Waals surface area contributed by atoms with E-state index in [0.29, 0.717) is 12.8 Å². The Hall–Kier alpha value is -0.380. The van der Waals surface area contributed by atoms with E-state index < -0.39 is 35.1 Å². The van der Waals surface area contributed by atoms with Crippen molar-refractivity contribution < 1.29 is 26.7 Å². The van der Waals surface area contributed by atoms with Crippen LogP contribution < -0.4 is 4.72 Å². The third-order valence-corrected chi connectivity index (χ3v) is 4.31. The fourth-order valence-electron chi connectivity index (χ4n) is 2.01. The van der Waals surface area contributed by atoms with Crippen LogP contribution in [0.15, 0.2) is 0 Å². The van der Waals surface area contributed by atoms with E-state index in [1.807, 2.05) is 0 Å². The number of halogens is 3. The molecule has 0 radical (unpaired) electrons. The molecular weight excluding hydrogens is 273 g/mol. The SMILES string of the molecule is CC(O)CC1CCCN1S(=O)(=O)NCC(F)(F)F. The van der Waals surface area contributed by atoms with Crippen LogP contribution >= 0.6 is 0 Å². The molecule has 108 valence electrons. The van der Waals surface area contributed by atoms with Crippen molar-refractivity contribution in [1.82, 2.24) is 9.03 Å². The third kappa shape index (κ3) is 4.71. The number of alkyl halides is 3. The lowest BCUT2D eigenvalue weighted by Crippen LogP contribution is -2.46. The standard InChI is InChI=1S/C9H17F3N2O3S/c1-7(15)5-8-3-2-4-14(8)18(16,17)13-6-9(10,11)12/h7-8,13,15H,2-6H2,1H3. The number of nitrogens with one attached hydrogen (secondary N) is 1. The summed E-state index contributed by atoms with van der Waals surface area (Å²) in [7, 11) is -4.14. The van der Waals surface area contributed by atoms with Gasteiger partial charge in [-0.15, -0.1) is 0 Å². The van der Waals surface area contributed by atoms with Gasteiger partial charge in [-0.1, -0.05) is 0 Å². The predicted octanol–water partition coefficient (Wildman–Crippen LogP) is 0.618. The van der Waals surface area contributed by atoms with Crippen molar-refractivity contribution in [2.75, 3.05) is 13.1 Å². The summed E-state index contributed by atoms with van der Waals surface area (Å²) in [5.41, 5.74) is 0. The van der Waals surface area contributed by atoms with Crippen molar-refractivity contribution in [3.05, 3.63) is 0 Å². The maximum absolute atomic E-state index is 12.0. The van der Waals surface area contributed by atoms with Crippen LogP contribution in [0.25, 0.3) is 0 Å². The quantitative estimate of drug-likeness (QED) is 0.780. The Morgan fingerprint density at radius 2 is 2.11 bits per heavy atom. The van der Waals surface area contributed by atoms with Gasteiger partial charge in [0.1, 0.15) is 6.54 Å². The first-order valence-corrected chi connectivity index (χ1v) is 7.07. The van der Waals surface area contributed by atoms with E-state index in [1.54, 1.807) is 0 Å². The molecule has 1 aliphatic rings. The number of hydrogen-bond acceptors (Lipinski definition) is 3. The van der Waals surface area contributed by atoms with Crippen LogP contribution in [0.1, 0.15) is 26.2 Å². The molecule has 0 bridgehead atoms. The maximum atomic E-state index is 12.0. The summed E-state index contributed by atoms with van der Waals surface area (Å²) < 4.78 is 61.9. The Labute approximate surface area is 104 Å². The molecule has 0 amide bonds. The van der Waals surface area contributed by atoms with Crippen LogP contribution in [-0.2, 0) is 10.2 Å². The van der Waals surface area contributed by atoms with E-state index in [-0.39, 0.29) is 13.0 Å². The zero-order valence-corrected chi connectivity index (χ0v) is 10.8. The molecular formula is C9H17F3N2O3S. The monoisotopic (exact) mass is 290 g/mol. The highest BCUT2D eigenvalue weighted by atomic mass is 32.2. The minimum Gasteiger partial charge on any atom is -0.393 e. The molecule has 0 aromatic carbocycles. The Kier molecular flexibility index (Phi) is 4.98. The normalized spacial score (nSPS) is 24.4. The van der Waals surface area contributed by atoms with Gasteiger partial charge in [-0.3, -0.25) is 0 Å². The van der Waals surface area contributed by atoms with Crippen LogP contribution in [-0.4, -0.2) is 49.2 Å². The van der Waals surface area contributed by atoms with Crippen LogP contribution in [0.4, 0.5) is 13.2 Å². The molecule has 1 saturated heterocycles. The topological polar surface area (TPSA) is 69.6 Å². The van der Waals surface area contributed by atoms with Crippen LogP contribution in [0.5, 0.6) is 0 Å². The van der Waals surface area contributed by atoms with Crippen LogP contribution in [0.3, 0.4) is 0 Å². The molecule has 18 heavy (non-hydrogen) atoms. The van der Waals surface area contributed by atoms with Crippen molar-refractivity contribution in [2.24, 2.45) is 0 Å². The molecule has 2 atom stereocenters. The smallest absolute Gasteiger partial charge is 0.393 e. The average molecular weight is 290 g/mol. The first-order valence-electron chi connectivity index (χ1n) is 5.63. The van der Waals surface area contributed by atoms with Crippen LogP contribution in [0, 0.1) is 0 Å². The minimum absolute atomic E-state index is 0.185. The van der Waals surface area contributed by atoms with Gasteiger partial charge < -0.3 is 5.11 Å². The van der Waals surface area contributed by atoms with E-state index in [4.69, 9.17) is 0 Å². The van der Waals surface area contributed by atoms with Crippen molar-refractivity contribution in [2.45, 2.75) is 44.5 Å². The molecule has 5 nitrogen and oxygen atoms in total. The first kappa shape index (κ1) is 15.7. The molecule has 0 aliphatic carbocycles. The second kappa shape index (κ2) is 5.72. The summed E-state index contributed by atoms with van der Waals surface area (Å²) in [5.74, 6) is 0. The van der Waals surface area contributed by atoms with Gasteiger partial charge in [0.25, 0.3) is 10.2 Å². The Morgan fingerprint density at radius 3 is 2.61 bits per heavy atom. The van der Waals surface area contributed by atoms with Crippen molar-refractivity contribution in [3.8, 4) is 0 Å². The summed E-state index contributed by atoms with van der Waals surface area (Å²) in [5, 5.41) is 9.23. The Morgan fingerprint density at radius 1 is 1.50 bits per heavy atom. The van der Waals surface area contributed by atoms with Gasteiger partial charge in [-0.05, 0) is 26.2 Å². The molecule has 1 aliphatic heterocycles. The molecule has 1 fully saturated rings. The maximum Gasteiger partial charge on any atom is 0.402 e. The number of nitrogens with zero attached hydrogens (tertiary/aromatic N) is 1. The second-order valence-electron chi connectivity index (χ2n) is 4.43. The summed E-state index contributed by atoms with van der Waals surface area (Å²) in [6.07, 6.45) is -3.89. The van der Waals surface area contributed by atoms with Crippen molar-refractivity contribution in [3.63, 3.8) is 0 Å². The lowest BCUT2D eigenvalue weighted by Gasteiger charge is -2.25. The number of rotatable bonds is 5. The van der Waals surface area contributed by atoms with E-state index in [0.717, 1.165) is 4.31 Å². The molecule has 0 spiro atoms. The highest BCUT2D eigenvalue weighted by Gasteiger charge is 2.37. The largest absolute Gasteiger partial charge is 0.402 e. The Bertz CT molecular complexity index is 370. The molecule has 1 heterocycles. The lowest BCUT2D eigenvalue weighted by atomic mass is 10.1. The number of aliphatic hydroxyl groups is 1. The van der Waals surface area contributed by atoms with E-state index >= 15 is 0 Å². The van der Waals surface area contributed by atoms with Crippen molar-refractivity contribution in [1.29, 1.82) is 0 Å². The van der Waals surface area contributed by atoms with Gasteiger partial charge in [-0.25, -0.2) is 0 Å². The van der Waals surface area contributed by atoms with E-state index in [1.165, 1.54) is 11.6 Å². The highest BCUT2D eigenvalue weighted by molar-refractivity contribution is 7.87. The molecule has 1 rings (SSSR count). The summed E-state index contributed by atoms with van der Waals surface area (Å²) >= 11 is 0. The number of aliphatic hydroxyl groups excluding tert-OH is 1.